The maximum absolute atomic E-state index is 12.8. The normalized spacial score (nSPS) is 15.0. The molecule has 0 saturated heterocycles. The first-order valence-electron chi connectivity index (χ1n) is 9.19. The summed E-state index contributed by atoms with van der Waals surface area (Å²) in [6, 6.07) is 7.84. The van der Waals surface area contributed by atoms with Crippen molar-refractivity contribution in [3.8, 4) is 0 Å². The first-order chi connectivity index (χ1) is 13.8. The van der Waals surface area contributed by atoms with Crippen LogP contribution in [0.15, 0.2) is 52.1 Å². The SMILES string of the molecule is Cc1cc(NS(=O)(=O)c2ccc3c(c2)CN(C(=O)C(C)n2cccn2)CC3)no1. The third-order valence-electron chi connectivity index (χ3n) is 4.96. The molecule has 0 saturated carbocycles. The van der Waals surface area contributed by atoms with Gasteiger partial charge < -0.3 is 9.42 Å². The molecule has 1 unspecified atom stereocenters. The molecule has 1 N–H and O–H groups in total. The van der Waals surface area contributed by atoms with Crippen LogP contribution in [0.25, 0.3) is 0 Å². The highest BCUT2D eigenvalue weighted by molar-refractivity contribution is 7.92. The quantitative estimate of drug-likeness (QED) is 0.683. The van der Waals surface area contributed by atoms with Crippen LogP contribution >= 0.6 is 0 Å². The first kappa shape index (κ1) is 19.2. The highest BCUT2D eigenvalue weighted by atomic mass is 32.2. The average Bonchev–Trinajstić information content (AvgIpc) is 3.37. The summed E-state index contributed by atoms with van der Waals surface area (Å²) in [5.41, 5.74) is 1.86. The lowest BCUT2D eigenvalue weighted by atomic mass is 9.99. The number of nitrogens with zero attached hydrogens (tertiary/aromatic N) is 4. The van der Waals surface area contributed by atoms with Gasteiger partial charge in [-0.25, -0.2) is 8.42 Å². The van der Waals surface area contributed by atoms with Crippen molar-refractivity contribution in [3.05, 3.63) is 59.6 Å². The number of carbonyl (C=O) groups excluding carboxylic acids is 1. The Morgan fingerprint density at radius 3 is 2.79 bits per heavy atom. The fraction of sp³-hybridized carbons (Fsp3) is 0.316. The van der Waals surface area contributed by atoms with E-state index in [0.717, 1.165) is 11.1 Å². The number of carbonyl (C=O) groups is 1. The minimum absolute atomic E-state index is 0.0520. The Morgan fingerprint density at radius 2 is 2.10 bits per heavy atom. The van der Waals surface area contributed by atoms with Crippen LogP contribution in [0.4, 0.5) is 5.82 Å². The minimum atomic E-state index is -3.81. The molecule has 3 heterocycles. The lowest BCUT2D eigenvalue weighted by Crippen LogP contribution is -2.40. The van der Waals surface area contributed by atoms with E-state index in [1.54, 1.807) is 60.1 Å². The number of anilines is 1. The van der Waals surface area contributed by atoms with E-state index < -0.39 is 16.1 Å². The number of hydrogen-bond donors (Lipinski definition) is 1. The maximum atomic E-state index is 12.8. The van der Waals surface area contributed by atoms with Crippen molar-refractivity contribution < 1.29 is 17.7 Å². The molecule has 0 radical (unpaired) electrons. The zero-order chi connectivity index (χ0) is 20.6. The summed E-state index contributed by atoms with van der Waals surface area (Å²) in [7, 11) is -3.81. The van der Waals surface area contributed by atoms with Gasteiger partial charge in [-0.2, -0.15) is 5.10 Å². The lowest BCUT2D eigenvalue weighted by molar-refractivity contribution is -0.135. The number of sulfonamides is 1. The van der Waals surface area contributed by atoms with E-state index in [4.69, 9.17) is 4.52 Å². The van der Waals surface area contributed by atoms with Crippen molar-refractivity contribution in [2.75, 3.05) is 11.3 Å². The number of aryl methyl sites for hydroxylation is 1. The molecule has 29 heavy (non-hydrogen) atoms. The maximum Gasteiger partial charge on any atom is 0.263 e. The van der Waals surface area contributed by atoms with Gasteiger partial charge in [-0.3, -0.25) is 14.2 Å². The van der Waals surface area contributed by atoms with Crippen molar-refractivity contribution in [3.63, 3.8) is 0 Å². The molecule has 152 valence electrons. The molecule has 1 amide bonds. The smallest absolute Gasteiger partial charge is 0.263 e. The second-order valence-corrected chi connectivity index (χ2v) is 8.71. The van der Waals surface area contributed by atoms with E-state index in [0.29, 0.717) is 25.3 Å². The Labute approximate surface area is 168 Å². The van der Waals surface area contributed by atoms with E-state index in [-0.39, 0.29) is 16.6 Å². The average molecular weight is 415 g/mol. The van der Waals surface area contributed by atoms with Gasteiger partial charge >= 0.3 is 0 Å². The number of hydrogen-bond acceptors (Lipinski definition) is 6. The summed E-state index contributed by atoms with van der Waals surface area (Å²) in [4.78, 5) is 14.7. The molecule has 1 aliphatic heterocycles. The van der Waals surface area contributed by atoms with Crippen LogP contribution in [0.2, 0.25) is 0 Å². The van der Waals surface area contributed by atoms with Gasteiger partial charge in [0.15, 0.2) is 5.82 Å². The zero-order valence-electron chi connectivity index (χ0n) is 16.1. The Morgan fingerprint density at radius 1 is 1.28 bits per heavy atom. The molecule has 0 bridgehead atoms. The Bertz CT molecular complexity index is 1140. The standard InChI is InChI=1S/C19H21N5O4S/c1-13-10-18(21-28-13)22-29(26,27)17-5-4-15-6-9-23(12-16(15)11-17)19(25)14(2)24-8-3-7-20-24/h3-5,7-8,10-11,14H,6,9,12H2,1-2H3,(H,21,22). The summed E-state index contributed by atoms with van der Waals surface area (Å²) in [5, 5.41) is 7.80. The molecule has 2 aromatic heterocycles. The van der Waals surface area contributed by atoms with Gasteiger partial charge in [0.25, 0.3) is 10.0 Å². The molecule has 4 rings (SSSR count). The molecule has 9 nitrogen and oxygen atoms in total. The molecular formula is C19H21N5O4S. The van der Waals surface area contributed by atoms with Gasteiger partial charge in [0.05, 0.1) is 4.90 Å². The Hall–Kier alpha value is -3.14. The van der Waals surface area contributed by atoms with Crippen LogP contribution in [0, 0.1) is 6.92 Å². The molecule has 10 heteroatoms. The van der Waals surface area contributed by atoms with E-state index in [1.165, 1.54) is 6.07 Å². The lowest BCUT2D eigenvalue weighted by Gasteiger charge is -2.31. The predicted octanol–water partition coefficient (Wildman–Crippen LogP) is 2.13. The summed E-state index contributed by atoms with van der Waals surface area (Å²) >= 11 is 0. The monoisotopic (exact) mass is 415 g/mol. The molecule has 1 aromatic carbocycles. The predicted molar refractivity (Wildman–Crippen MR) is 105 cm³/mol. The van der Waals surface area contributed by atoms with Gasteiger partial charge in [0, 0.05) is 31.5 Å². The zero-order valence-corrected chi connectivity index (χ0v) is 16.9. The number of rotatable bonds is 5. The first-order valence-corrected chi connectivity index (χ1v) is 10.7. The van der Waals surface area contributed by atoms with Crippen molar-refractivity contribution in [2.45, 2.75) is 37.8 Å². The van der Waals surface area contributed by atoms with Gasteiger partial charge in [-0.1, -0.05) is 11.2 Å². The second-order valence-electron chi connectivity index (χ2n) is 7.03. The topological polar surface area (TPSA) is 110 Å². The highest BCUT2D eigenvalue weighted by Gasteiger charge is 2.27. The van der Waals surface area contributed by atoms with Crippen molar-refractivity contribution >= 4 is 21.7 Å². The van der Waals surface area contributed by atoms with Crippen LogP contribution < -0.4 is 4.72 Å². The minimum Gasteiger partial charge on any atom is -0.360 e. The largest absolute Gasteiger partial charge is 0.360 e. The summed E-state index contributed by atoms with van der Waals surface area (Å²) in [5.74, 6) is 0.586. The number of aromatic nitrogens is 3. The summed E-state index contributed by atoms with van der Waals surface area (Å²) in [6.07, 6.45) is 4.06. The second kappa shape index (κ2) is 7.36. The number of nitrogens with one attached hydrogen (secondary N) is 1. The third-order valence-corrected chi connectivity index (χ3v) is 6.31. The molecular weight excluding hydrogens is 394 g/mol. The molecule has 1 aliphatic rings. The molecule has 3 aromatic rings. The van der Waals surface area contributed by atoms with Crippen molar-refractivity contribution in [1.29, 1.82) is 0 Å². The number of benzene rings is 1. The number of amides is 1. The van der Waals surface area contributed by atoms with Crippen LogP contribution in [0.1, 0.15) is 29.9 Å². The van der Waals surface area contributed by atoms with E-state index in [1.807, 2.05) is 0 Å². The van der Waals surface area contributed by atoms with E-state index >= 15 is 0 Å². The molecule has 0 spiro atoms. The van der Waals surface area contributed by atoms with E-state index in [2.05, 4.69) is 15.0 Å². The summed E-state index contributed by atoms with van der Waals surface area (Å²) < 4.78 is 34.3. The summed E-state index contributed by atoms with van der Waals surface area (Å²) in [6.45, 7) is 4.42. The molecule has 1 atom stereocenters. The van der Waals surface area contributed by atoms with Crippen LogP contribution in [0.5, 0.6) is 0 Å². The van der Waals surface area contributed by atoms with Gasteiger partial charge in [-0.05, 0) is 49.6 Å². The fourth-order valence-electron chi connectivity index (χ4n) is 3.39. The van der Waals surface area contributed by atoms with Gasteiger partial charge in [0.2, 0.25) is 5.91 Å². The van der Waals surface area contributed by atoms with Crippen LogP contribution in [-0.2, 0) is 27.8 Å². The fourth-order valence-corrected chi connectivity index (χ4v) is 4.42. The van der Waals surface area contributed by atoms with Gasteiger partial charge in [-0.15, -0.1) is 0 Å². The highest BCUT2D eigenvalue weighted by Crippen LogP contribution is 2.25. The molecule has 0 fully saturated rings. The van der Waals surface area contributed by atoms with Crippen LogP contribution in [-0.4, -0.2) is 40.7 Å². The van der Waals surface area contributed by atoms with E-state index in [9.17, 15) is 13.2 Å². The Balaban J connectivity index is 1.54. The van der Waals surface area contributed by atoms with Gasteiger partial charge in [0.1, 0.15) is 11.8 Å². The number of fused-ring (bicyclic) bond motifs is 1. The Kier molecular flexibility index (Phi) is 4.87. The van der Waals surface area contributed by atoms with Crippen LogP contribution in [0.3, 0.4) is 0 Å². The van der Waals surface area contributed by atoms with Crippen molar-refractivity contribution in [1.82, 2.24) is 19.8 Å². The molecule has 0 aliphatic carbocycles. The third kappa shape index (κ3) is 3.88. The van der Waals surface area contributed by atoms with Crippen molar-refractivity contribution in [2.24, 2.45) is 0 Å².